The molecule has 0 aliphatic carbocycles. The fourth-order valence-electron chi connectivity index (χ4n) is 2.12. The highest BCUT2D eigenvalue weighted by molar-refractivity contribution is 9.10. The lowest BCUT2D eigenvalue weighted by molar-refractivity contribution is -0.121. The summed E-state index contributed by atoms with van der Waals surface area (Å²) in [6.45, 7) is 2.54. The summed E-state index contributed by atoms with van der Waals surface area (Å²) in [4.78, 5) is 13.0. The molecule has 0 fully saturated rings. The minimum Gasteiger partial charge on any atom is -0.348 e. The van der Waals surface area contributed by atoms with Crippen LogP contribution in [0.2, 0.25) is 0 Å². The van der Waals surface area contributed by atoms with Crippen LogP contribution >= 0.6 is 27.7 Å². The molecule has 2 rings (SSSR count). The molecule has 1 aromatic rings. The summed E-state index contributed by atoms with van der Waals surface area (Å²) in [5.74, 6) is 1.53. The molecule has 1 aliphatic rings. The van der Waals surface area contributed by atoms with Crippen molar-refractivity contribution in [1.82, 2.24) is 10.6 Å². The summed E-state index contributed by atoms with van der Waals surface area (Å²) in [5, 5.41) is 6.00. The largest absolute Gasteiger partial charge is 0.348 e. The number of carbonyl (C=O) groups is 1. The number of hydrogen-bond donors (Lipinski definition) is 2. The number of thioether (sulfide) groups is 1. The Bertz CT molecular complexity index is 453. The molecule has 1 aliphatic heterocycles. The van der Waals surface area contributed by atoms with E-state index in [1.807, 2.05) is 17.8 Å². The van der Waals surface area contributed by atoms with Gasteiger partial charge in [-0.1, -0.05) is 22.9 Å². The zero-order valence-corrected chi connectivity index (χ0v) is 12.9. The van der Waals surface area contributed by atoms with Gasteiger partial charge < -0.3 is 10.6 Å². The highest BCUT2D eigenvalue weighted by Gasteiger charge is 2.28. The highest BCUT2D eigenvalue weighted by atomic mass is 79.9. The Kier molecular flexibility index (Phi) is 4.70. The molecule has 2 N–H and O–H groups in total. The van der Waals surface area contributed by atoms with Gasteiger partial charge in [-0.25, -0.2) is 0 Å². The van der Waals surface area contributed by atoms with Crippen LogP contribution in [0.25, 0.3) is 0 Å². The van der Waals surface area contributed by atoms with Crippen LogP contribution in [0.3, 0.4) is 0 Å². The second kappa shape index (κ2) is 6.08. The van der Waals surface area contributed by atoms with Gasteiger partial charge in [-0.3, -0.25) is 4.79 Å². The predicted molar refractivity (Wildman–Crippen MR) is 78.8 cm³/mol. The van der Waals surface area contributed by atoms with Crippen molar-refractivity contribution in [1.29, 1.82) is 0 Å². The summed E-state index contributed by atoms with van der Waals surface area (Å²) < 4.78 is 1.06. The molecule has 1 aromatic carbocycles. The Balaban J connectivity index is 2.24. The van der Waals surface area contributed by atoms with Gasteiger partial charge in [0.15, 0.2) is 0 Å². The van der Waals surface area contributed by atoms with Crippen LogP contribution in [0, 0.1) is 5.92 Å². The van der Waals surface area contributed by atoms with Crippen LogP contribution in [0.1, 0.15) is 18.5 Å². The van der Waals surface area contributed by atoms with Gasteiger partial charge in [0.2, 0.25) is 5.91 Å². The molecular weight excluding hydrogens is 312 g/mol. The van der Waals surface area contributed by atoms with E-state index in [0.29, 0.717) is 12.5 Å². The maximum atomic E-state index is 11.8. The lowest BCUT2D eigenvalue weighted by atomic mass is 9.95. The maximum Gasteiger partial charge on any atom is 0.234 e. The van der Waals surface area contributed by atoms with Crippen LogP contribution in [-0.4, -0.2) is 25.3 Å². The van der Waals surface area contributed by atoms with Gasteiger partial charge in [-0.05, 0) is 36.7 Å². The van der Waals surface area contributed by atoms with Gasteiger partial charge in [0.1, 0.15) is 0 Å². The first-order chi connectivity index (χ1) is 8.61. The number of rotatable bonds is 3. The summed E-state index contributed by atoms with van der Waals surface area (Å²) >= 11 is 5.36. The van der Waals surface area contributed by atoms with E-state index < -0.39 is 0 Å². The number of amides is 1. The summed E-state index contributed by atoms with van der Waals surface area (Å²) in [7, 11) is 1.78. The fraction of sp³-hybridized carbons (Fsp3) is 0.462. The first kappa shape index (κ1) is 13.9. The highest BCUT2D eigenvalue weighted by Crippen LogP contribution is 2.40. The second-order valence-corrected chi connectivity index (χ2v) is 6.52. The molecular formula is C13H17BrN2OS. The molecule has 1 amide bonds. The smallest absolute Gasteiger partial charge is 0.234 e. The summed E-state index contributed by atoms with van der Waals surface area (Å²) in [6, 6.07) is 6.39. The normalized spacial score (nSPS) is 22.4. The van der Waals surface area contributed by atoms with Crippen LogP contribution < -0.4 is 10.6 Å². The Labute approximate surface area is 120 Å². The SMILES string of the molecule is CNCC(=O)N[C@H]1c2cc(Br)ccc2SC[C@@H]1C. The first-order valence-electron chi connectivity index (χ1n) is 5.98. The lowest BCUT2D eigenvalue weighted by Crippen LogP contribution is -2.39. The Morgan fingerprint density at radius 1 is 1.56 bits per heavy atom. The van der Waals surface area contributed by atoms with Crippen molar-refractivity contribution < 1.29 is 4.79 Å². The van der Waals surface area contributed by atoms with Gasteiger partial charge in [-0.2, -0.15) is 0 Å². The molecule has 1 heterocycles. The zero-order valence-electron chi connectivity index (χ0n) is 10.5. The predicted octanol–water partition coefficient (Wildman–Crippen LogP) is 2.57. The van der Waals surface area contributed by atoms with E-state index in [4.69, 9.17) is 0 Å². The number of hydrogen-bond acceptors (Lipinski definition) is 3. The van der Waals surface area contributed by atoms with Crippen LogP contribution in [-0.2, 0) is 4.79 Å². The first-order valence-corrected chi connectivity index (χ1v) is 7.76. The summed E-state index contributed by atoms with van der Waals surface area (Å²) in [5.41, 5.74) is 1.22. The van der Waals surface area contributed by atoms with E-state index in [-0.39, 0.29) is 11.9 Å². The molecule has 5 heteroatoms. The van der Waals surface area contributed by atoms with Crippen LogP contribution in [0.4, 0.5) is 0 Å². The zero-order chi connectivity index (χ0) is 13.1. The molecule has 98 valence electrons. The fourth-order valence-corrected chi connectivity index (χ4v) is 3.65. The van der Waals surface area contributed by atoms with Crippen molar-refractivity contribution >= 4 is 33.6 Å². The topological polar surface area (TPSA) is 41.1 Å². The van der Waals surface area contributed by atoms with E-state index in [2.05, 4.69) is 45.6 Å². The van der Waals surface area contributed by atoms with Crippen LogP contribution in [0.5, 0.6) is 0 Å². The van der Waals surface area contributed by atoms with E-state index >= 15 is 0 Å². The van der Waals surface area contributed by atoms with Crippen molar-refractivity contribution in [2.75, 3.05) is 19.3 Å². The minimum atomic E-state index is 0.0483. The maximum absolute atomic E-state index is 11.8. The Hall–Kier alpha value is -0.520. The van der Waals surface area contributed by atoms with Crippen molar-refractivity contribution in [2.24, 2.45) is 5.92 Å². The van der Waals surface area contributed by atoms with Gasteiger partial charge >= 0.3 is 0 Å². The standard InChI is InChI=1S/C13H17BrN2OS/c1-8-7-18-11-4-3-9(14)5-10(11)13(8)16-12(17)6-15-2/h3-5,8,13,15H,6-7H2,1-2H3,(H,16,17)/t8-,13+/m0/s1. The van der Waals surface area contributed by atoms with Crippen molar-refractivity contribution in [3.8, 4) is 0 Å². The Morgan fingerprint density at radius 2 is 2.33 bits per heavy atom. The molecule has 2 atom stereocenters. The monoisotopic (exact) mass is 328 g/mol. The number of nitrogens with one attached hydrogen (secondary N) is 2. The van der Waals surface area contributed by atoms with Gasteiger partial charge in [0.05, 0.1) is 12.6 Å². The van der Waals surface area contributed by atoms with Gasteiger partial charge in [-0.15, -0.1) is 11.8 Å². The van der Waals surface area contributed by atoms with Crippen LogP contribution in [0.15, 0.2) is 27.6 Å². The third kappa shape index (κ3) is 3.08. The average Bonchev–Trinajstić information content (AvgIpc) is 2.33. The van der Waals surface area contributed by atoms with Crippen molar-refractivity contribution in [3.05, 3.63) is 28.2 Å². The number of carbonyl (C=O) groups excluding carboxylic acids is 1. The number of benzene rings is 1. The quantitative estimate of drug-likeness (QED) is 0.896. The van der Waals surface area contributed by atoms with E-state index in [1.165, 1.54) is 10.5 Å². The molecule has 0 aromatic heterocycles. The van der Waals surface area contributed by atoms with Crippen molar-refractivity contribution in [3.63, 3.8) is 0 Å². The van der Waals surface area contributed by atoms with Gasteiger partial charge in [0, 0.05) is 15.1 Å². The molecule has 18 heavy (non-hydrogen) atoms. The lowest BCUT2D eigenvalue weighted by Gasteiger charge is -2.31. The summed E-state index contributed by atoms with van der Waals surface area (Å²) in [6.07, 6.45) is 0. The van der Waals surface area contributed by atoms with Crippen molar-refractivity contribution in [2.45, 2.75) is 17.9 Å². The number of likely N-dealkylation sites (N-methyl/N-ethyl adjacent to an activating group) is 1. The third-order valence-electron chi connectivity index (χ3n) is 3.03. The Morgan fingerprint density at radius 3 is 3.06 bits per heavy atom. The number of fused-ring (bicyclic) bond motifs is 1. The average molecular weight is 329 g/mol. The molecule has 3 nitrogen and oxygen atoms in total. The molecule has 0 saturated heterocycles. The molecule has 0 spiro atoms. The second-order valence-electron chi connectivity index (χ2n) is 4.55. The molecule has 0 unspecified atom stereocenters. The minimum absolute atomic E-state index is 0.0483. The van der Waals surface area contributed by atoms with E-state index in [9.17, 15) is 4.79 Å². The molecule has 0 bridgehead atoms. The number of halogens is 1. The molecule has 0 radical (unpaired) electrons. The van der Waals surface area contributed by atoms with Gasteiger partial charge in [0.25, 0.3) is 0 Å². The van der Waals surface area contributed by atoms with E-state index in [1.54, 1.807) is 7.05 Å². The third-order valence-corrected chi connectivity index (χ3v) is 4.90. The van der Waals surface area contributed by atoms with E-state index in [0.717, 1.165) is 10.2 Å². The molecule has 0 saturated carbocycles.